The summed E-state index contributed by atoms with van der Waals surface area (Å²) in [5.41, 5.74) is 0.601. The normalized spacial score (nSPS) is 10.1. The number of methoxy groups -OCH3 is 1. The minimum Gasteiger partial charge on any atom is -0.497 e. The van der Waals surface area contributed by atoms with Crippen LogP contribution in [0.5, 0.6) is 11.5 Å². The predicted molar refractivity (Wildman–Crippen MR) is 88.2 cm³/mol. The van der Waals surface area contributed by atoms with Gasteiger partial charge in [-0.25, -0.2) is 0 Å². The van der Waals surface area contributed by atoms with Gasteiger partial charge in [0.15, 0.2) is 0 Å². The zero-order chi connectivity index (χ0) is 15.9. The fourth-order valence-corrected chi connectivity index (χ4v) is 2.03. The van der Waals surface area contributed by atoms with E-state index in [1.165, 1.54) is 0 Å². The van der Waals surface area contributed by atoms with Crippen LogP contribution >= 0.6 is 23.2 Å². The molecule has 0 radical (unpaired) electrons. The van der Waals surface area contributed by atoms with E-state index >= 15 is 0 Å². The molecule has 0 bridgehead atoms. The molecule has 2 rings (SSSR count). The second-order valence-corrected chi connectivity index (χ2v) is 5.27. The minimum atomic E-state index is -0.160. The maximum absolute atomic E-state index is 11.8. The number of amides is 1. The van der Waals surface area contributed by atoms with Gasteiger partial charge in [-0.1, -0.05) is 23.2 Å². The van der Waals surface area contributed by atoms with Crippen molar-refractivity contribution in [2.45, 2.75) is 6.42 Å². The van der Waals surface area contributed by atoms with E-state index in [1.54, 1.807) is 49.6 Å². The summed E-state index contributed by atoms with van der Waals surface area (Å²) >= 11 is 11.7. The van der Waals surface area contributed by atoms with Crippen LogP contribution in [0.2, 0.25) is 10.0 Å². The summed E-state index contributed by atoms with van der Waals surface area (Å²) in [5.74, 6) is 1.28. The second kappa shape index (κ2) is 7.92. The molecule has 116 valence electrons. The quantitative estimate of drug-likeness (QED) is 0.847. The Hall–Kier alpha value is -1.91. The zero-order valence-corrected chi connectivity index (χ0v) is 13.4. The number of benzene rings is 2. The molecule has 1 amide bonds. The van der Waals surface area contributed by atoms with Crippen molar-refractivity contribution in [1.82, 2.24) is 0 Å². The van der Waals surface area contributed by atoms with Gasteiger partial charge >= 0.3 is 0 Å². The number of rotatable bonds is 6. The first-order valence-corrected chi connectivity index (χ1v) is 7.36. The Bertz CT molecular complexity index is 644. The van der Waals surface area contributed by atoms with Crippen LogP contribution in [-0.2, 0) is 4.79 Å². The number of hydrogen-bond donors (Lipinski definition) is 1. The van der Waals surface area contributed by atoms with Gasteiger partial charge in [-0.05, 0) is 42.5 Å². The average molecular weight is 340 g/mol. The van der Waals surface area contributed by atoms with Crippen LogP contribution in [0.15, 0.2) is 42.5 Å². The van der Waals surface area contributed by atoms with Crippen LogP contribution < -0.4 is 14.8 Å². The Morgan fingerprint density at radius 1 is 1.05 bits per heavy atom. The van der Waals surface area contributed by atoms with Gasteiger partial charge in [0, 0.05) is 5.69 Å². The van der Waals surface area contributed by atoms with Crippen LogP contribution in [0.1, 0.15) is 6.42 Å². The summed E-state index contributed by atoms with van der Waals surface area (Å²) in [4.78, 5) is 11.8. The minimum absolute atomic E-state index is 0.160. The molecule has 0 saturated heterocycles. The number of carbonyl (C=O) groups excluding carboxylic acids is 1. The van der Waals surface area contributed by atoms with E-state index in [-0.39, 0.29) is 18.9 Å². The predicted octanol–water partition coefficient (Wildman–Crippen LogP) is 4.41. The number of hydrogen-bond acceptors (Lipinski definition) is 3. The summed E-state index contributed by atoms with van der Waals surface area (Å²) in [6, 6.07) is 12.1. The Morgan fingerprint density at radius 3 is 2.36 bits per heavy atom. The van der Waals surface area contributed by atoms with E-state index in [9.17, 15) is 4.79 Å². The zero-order valence-electron chi connectivity index (χ0n) is 11.9. The van der Waals surface area contributed by atoms with Crippen LogP contribution in [0, 0.1) is 0 Å². The van der Waals surface area contributed by atoms with Gasteiger partial charge in [-0.3, -0.25) is 4.79 Å². The Kier molecular flexibility index (Phi) is 5.92. The van der Waals surface area contributed by atoms with E-state index in [2.05, 4.69) is 5.32 Å². The van der Waals surface area contributed by atoms with E-state index in [4.69, 9.17) is 32.7 Å². The van der Waals surface area contributed by atoms with Crippen LogP contribution in [0.4, 0.5) is 5.69 Å². The number of carbonyl (C=O) groups is 1. The molecule has 2 aromatic carbocycles. The molecule has 6 heteroatoms. The van der Waals surface area contributed by atoms with Crippen molar-refractivity contribution < 1.29 is 14.3 Å². The van der Waals surface area contributed by atoms with Crippen molar-refractivity contribution in [3.63, 3.8) is 0 Å². The molecule has 4 nitrogen and oxygen atoms in total. The third-order valence-electron chi connectivity index (χ3n) is 2.86. The van der Waals surface area contributed by atoms with Crippen LogP contribution in [0.25, 0.3) is 0 Å². The van der Waals surface area contributed by atoms with Crippen molar-refractivity contribution in [3.05, 3.63) is 52.5 Å². The van der Waals surface area contributed by atoms with Crippen molar-refractivity contribution in [1.29, 1.82) is 0 Å². The first-order valence-electron chi connectivity index (χ1n) is 6.60. The molecular formula is C16H15Cl2NO3. The van der Waals surface area contributed by atoms with Crippen molar-refractivity contribution in [3.8, 4) is 11.5 Å². The summed E-state index contributed by atoms with van der Waals surface area (Å²) in [7, 11) is 1.60. The standard InChI is InChI=1S/C16H15Cl2NO3/c1-21-12-3-5-13(6-4-12)22-9-8-16(20)19-11-2-7-14(17)15(18)10-11/h2-7,10H,8-9H2,1H3,(H,19,20). The van der Waals surface area contributed by atoms with E-state index < -0.39 is 0 Å². The number of ether oxygens (including phenoxy) is 2. The molecule has 0 heterocycles. The second-order valence-electron chi connectivity index (χ2n) is 4.45. The Labute approximate surface area is 138 Å². The molecular weight excluding hydrogens is 325 g/mol. The summed E-state index contributed by atoms with van der Waals surface area (Å²) in [5, 5.41) is 3.58. The molecule has 2 aromatic rings. The molecule has 0 spiro atoms. The van der Waals surface area contributed by atoms with Crippen molar-refractivity contribution in [2.24, 2.45) is 0 Å². The topological polar surface area (TPSA) is 47.6 Å². The van der Waals surface area contributed by atoms with E-state index in [0.29, 0.717) is 21.5 Å². The molecule has 22 heavy (non-hydrogen) atoms. The fourth-order valence-electron chi connectivity index (χ4n) is 1.73. The molecule has 0 saturated carbocycles. The summed E-state index contributed by atoms with van der Waals surface area (Å²) in [6.07, 6.45) is 0.228. The van der Waals surface area contributed by atoms with Crippen LogP contribution in [0.3, 0.4) is 0 Å². The number of nitrogens with one attached hydrogen (secondary N) is 1. The number of halogens is 2. The van der Waals surface area contributed by atoms with Gasteiger partial charge in [0.2, 0.25) is 5.91 Å². The van der Waals surface area contributed by atoms with E-state index in [1.807, 2.05) is 0 Å². The highest BCUT2D eigenvalue weighted by atomic mass is 35.5. The van der Waals surface area contributed by atoms with Crippen LogP contribution in [-0.4, -0.2) is 19.6 Å². The Balaban J connectivity index is 1.78. The molecule has 0 aliphatic rings. The Morgan fingerprint density at radius 2 is 1.73 bits per heavy atom. The third-order valence-corrected chi connectivity index (χ3v) is 3.60. The van der Waals surface area contributed by atoms with Gasteiger partial charge in [0.1, 0.15) is 11.5 Å². The van der Waals surface area contributed by atoms with Gasteiger partial charge in [-0.15, -0.1) is 0 Å². The molecule has 0 aromatic heterocycles. The maximum Gasteiger partial charge on any atom is 0.227 e. The lowest BCUT2D eigenvalue weighted by Gasteiger charge is -2.08. The van der Waals surface area contributed by atoms with E-state index in [0.717, 1.165) is 5.75 Å². The summed E-state index contributed by atoms with van der Waals surface area (Å²) in [6.45, 7) is 0.277. The van der Waals surface area contributed by atoms with Crippen molar-refractivity contribution in [2.75, 3.05) is 19.0 Å². The lowest BCUT2D eigenvalue weighted by molar-refractivity contribution is -0.116. The lowest BCUT2D eigenvalue weighted by atomic mass is 10.3. The molecule has 0 aliphatic heterocycles. The lowest BCUT2D eigenvalue weighted by Crippen LogP contribution is -2.15. The molecule has 0 atom stereocenters. The molecule has 1 N–H and O–H groups in total. The highest BCUT2D eigenvalue weighted by Gasteiger charge is 2.05. The SMILES string of the molecule is COc1ccc(OCCC(=O)Nc2ccc(Cl)c(Cl)c2)cc1. The van der Waals surface area contributed by atoms with Crippen molar-refractivity contribution >= 4 is 34.8 Å². The molecule has 0 unspecified atom stereocenters. The van der Waals surface area contributed by atoms with Gasteiger partial charge in [-0.2, -0.15) is 0 Å². The first-order chi connectivity index (χ1) is 10.6. The smallest absolute Gasteiger partial charge is 0.227 e. The molecule has 0 fully saturated rings. The first kappa shape index (κ1) is 16.5. The fraction of sp³-hybridized carbons (Fsp3) is 0.188. The largest absolute Gasteiger partial charge is 0.497 e. The van der Waals surface area contributed by atoms with Gasteiger partial charge in [0.25, 0.3) is 0 Å². The van der Waals surface area contributed by atoms with Gasteiger partial charge < -0.3 is 14.8 Å². The van der Waals surface area contributed by atoms with Gasteiger partial charge in [0.05, 0.1) is 30.2 Å². The third kappa shape index (κ3) is 4.83. The maximum atomic E-state index is 11.8. The highest BCUT2D eigenvalue weighted by Crippen LogP contribution is 2.25. The number of anilines is 1. The monoisotopic (exact) mass is 339 g/mol. The average Bonchev–Trinajstić information content (AvgIpc) is 2.51. The highest BCUT2D eigenvalue weighted by molar-refractivity contribution is 6.42. The molecule has 0 aliphatic carbocycles. The summed E-state index contributed by atoms with van der Waals surface area (Å²) < 4.78 is 10.5.